The van der Waals surface area contributed by atoms with Gasteiger partial charge in [0, 0.05) is 24.8 Å². The summed E-state index contributed by atoms with van der Waals surface area (Å²) in [5.74, 6) is 0. The first-order valence-corrected chi connectivity index (χ1v) is 4.98. The molecule has 1 atom stereocenters. The predicted molar refractivity (Wildman–Crippen MR) is 56.2 cm³/mol. The van der Waals surface area contributed by atoms with Crippen LogP contribution in [-0.4, -0.2) is 19.8 Å². The number of hydrogen-bond donors (Lipinski definition) is 1. The van der Waals surface area contributed by atoms with Gasteiger partial charge in [0.25, 0.3) is 0 Å². The monoisotopic (exact) mass is 194 g/mol. The lowest BCUT2D eigenvalue weighted by molar-refractivity contribution is 0.477. The number of benzene rings is 1. The zero-order chi connectivity index (χ0) is 9.97. The number of fused-ring (bicyclic) bond motifs is 1. The van der Waals surface area contributed by atoms with Gasteiger partial charge < -0.3 is 10.6 Å². The van der Waals surface area contributed by atoms with E-state index in [2.05, 4.69) is 4.90 Å². The number of para-hydroxylation sites is 1. The van der Waals surface area contributed by atoms with Crippen molar-refractivity contribution in [1.29, 1.82) is 0 Å². The van der Waals surface area contributed by atoms with Crippen LogP contribution in [-0.2, 0) is 0 Å². The lowest BCUT2D eigenvalue weighted by Crippen LogP contribution is -2.34. The van der Waals surface area contributed by atoms with Gasteiger partial charge in [-0.15, -0.1) is 0 Å². The number of nitrogens with zero attached hydrogens (tertiary/aromatic N) is 1. The van der Waals surface area contributed by atoms with Crippen molar-refractivity contribution in [2.24, 2.45) is 5.73 Å². The lowest BCUT2D eigenvalue weighted by atomic mass is 9.97. The molecule has 0 saturated carbocycles. The van der Waals surface area contributed by atoms with Crippen LogP contribution < -0.4 is 10.6 Å². The summed E-state index contributed by atoms with van der Waals surface area (Å²) in [6.45, 7) is 1.04. The van der Waals surface area contributed by atoms with Crippen LogP contribution in [0.5, 0.6) is 0 Å². The van der Waals surface area contributed by atoms with E-state index in [1.54, 1.807) is 0 Å². The van der Waals surface area contributed by atoms with Crippen LogP contribution in [0.15, 0.2) is 24.3 Å². The van der Waals surface area contributed by atoms with Crippen LogP contribution in [0.3, 0.4) is 0 Å². The van der Waals surface area contributed by atoms with Crippen LogP contribution >= 0.6 is 0 Å². The fourth-order valence-corrected chi connectivity index (χ4v) is 1.99. The van der Waals surface area contributed by atoms with E-state index >= 15 is 0 Å². The quantitative estimate of drug-likeness (QED) is 0.778. The van der Waals surface area contributed by atoms with Crippen molar-refractivity contribution in [3.63, 3.8) is 0 Å². The average molecular weight is 194 g/mol. The predicted octanol–water partition coefficient (Wildman–Crippen LogP) is 1.87. The maximum absolute atomic E-state index is 12.3. The van der Waals surface area contributed by atoms with E-state index in [9.17, 15) is 4.39 Å². The summed E-state index contributed by atoms with van der Waals surface area (Å²) < 4.78 is 12.3. The summed E-state index contributed by atoms with van der Waals surface area (Å²) in [4.78, 5) is 2.07. The Morgan fingerprint density at radius 2 is 2.21 bits per heavy atom. The zero-order valence-corrected chi connectivity index (χ0v) is 8.12. The first kappa shape index (κ1) is 9.46. The molecule has 14 heavy (non-hydrogen) atoms. The first-order chi connectivity index (χ1) is 6.83. The Morgan fingerprint density at radius 3 is 3.00 bits per heavy atom. The summed E-state index contributed by atoms with van der Waals surface area (Å²) in [7, 11) is 0. The number of hydrogen-bond acceptors (Lipinski definition) is 2. The zero-order valence-electron chi connectivity index (χ0n) is 8.12. The molecule has 1 heterocycles. The number of anilines is 1. The molecule has 1 unspecified atom stereocenters. The molecule has 0 fully saturated rings. The molecule has 0 bridgehead atoms. The second-order valence-electron chi connectivity index (χ2n) is 3.63. The lowest BCUT2D eigenvalue weighted by Gasteiger charge is -2.33. The number of nitrogens with two attached hydrogens (primary N) is 1. The van der Waals surface area contributed by atoms with Gasteiger partial charge >= 0.3 is 0 Å². The van der Waals surface area contributed by atoms with E-state index in [1.165, 1.54) is 0 Å². The Kier molecular flexibility index (Phi) is 2.68. The van der Waals surface area contributed by atoms with E-state index in [4.69, 9.17) is 5.73 Å². The van der Waals surface area contributed by atoms with Crippen molar-refractivity contribution in [3.8, 4) is 0 Å². The number of halogens is 1. The van der Waals surface area contributed by atoms with Crippen molar-refractivity contribution in [2.45, 2.75) is 12.5 Å². The summed E-state index contributed by atoms with van der Waals surface area (Å²) in [5, 5.41) is 0. The van der Waals surface area contributed by atoms with E-state index in [1.807, 2.05) is 24.3 Å². The second kappa shape index (κ2) is 3.96. The molecule has 1 aromatic carbocycles. The van der Waals surface area contributed by atoms with Crippen molar-refractivity contribution >= 4 is 5.69 Å². The smallest absolute Gasteiger partial charge is 0.107 e. The molecule has 0 aliphatic carbocycles. The summed E-state index contributed by atoms with van der Waals surface area (Å²) in [6, 6.07) is 8.12. The first-order valence-electron chi connectivity index (χ1n) is 4.98. The second-order valence-corrected chi connectivity index (χ2v) is 3.63. The number of alkyl halides is 1. The van der Waals surface area contributed by atoms with Gasteiger partial charge in [0.05, 0.1) is 0 Å². The van der Waals surface area contributed by atoms with Crippen LogP contribution in [0.4, 0.5) is 10.1 Å². The molecule has 0 saturated heterocycles. The highest BCUT2D eigenvalue weighted by molar-refractivity contribution is 5.56. The normalized spacial score (nSPS) is 20.7. The fourth-order valence-electron chi connectivity index (χ4n) is 1.99. The Morgan fingerprint density at radius 1 is 1.43 bits per heavy atom. The standard InChI is InChI=1S/C11H15FN2/c12-6-8-14-7-5-10(13)9-3-1-2-4-11(9)14/h1-4,10H,5-8,13H2. The van der Waals surface area contributed by atoms with Crippen LogP contribution in [0.2, 0.25) is 0 Å². The molecule has 0 amide bonds. The maximum atomic E-state index is 12.3. The van der Waals surface area contributed by atoms with Crippen molar-refractivity contribution in [1.82, 2.24) is 0 Å². The molecule has 2 nitrogen and oxygen atoms in total. The van der Waals surface area contributed by atoms with Gasteiger partial charge in [-0.3, -0.25) is 0 Å². The van der Waals surface area contributed by atoms with Crippen molar-refractivity contribution < 1.29 is 4.39 Å². The van der Waals surface area contributed by atoms with Gasteiger partial charge in [-0.2, -0.15) is 0 Å². The van der Waals surface area contributed by atoms with Crippen molar-refractivity contribution in [3.05, 3.63) is 29.8 Å². The van der Waals surface area contributed by atoms with Gasteiger partial charge in [-0.05, 0) is 18.1 Å². The van der Waals surface area contributed by atoms with E-state index in [0.29, 0.717) is 6.54 Å². The molecule has 0 spiro atoms. The third kappa shape index (κ3) is 1.60. The van der Waals surface area contributed by atoms with Crippen LogP contribution in [0.1, 0.15) is 18.0 Å². The topological polar surface area (TPSA) is 29.3 Å². The minimum absolute atomic E-state index is 0.113. The third-order valence-electron chi connectivity index (χ3n) is 2.74. The number of rotatable bonds is 2. The Hall–Kier alpha value is -1.09. The molecule has 2 rings (SSSR count). The minimum Gasteiger partial charge on any atom is -0.369 e. The third-order valence-corrected chi connectivity index (χ3v) is 2.74. The summed E-state index contributed by atoms with van der Waals surface area (Å²) in [6.07, 6.45) is 0.914. The Labute approximate surface area is 83.5 Å². The van der Waals surface area contributed by atoms with E-state index in [0.717, 1.165) is 24.2 Å². The molecule has 1 aliphatic heterocycles. The largest absolute Gasteiger partial charge is 0.369 e. The van der Waals surface area contributed by atoms with Gasteiger partial charge in [0.15, 0.2) is 0 Å². The fraction of sp³-hybridized carbons (Fsp3) is 0.455. The van der Waals surface area contributed by atoms with E-state index in [-0.39, 0.29) is 12.7 Å². The highest BCUT2D eigenvalue weighted by atomic mass is 19.1. The maximum Gasteiger partial charge on any atom is 0.107 e. The highest BCUT2D eigenvalue weighted by Crippen LogP contribution is 2.31. The molecule has 0 radical (unpaired) electrons. The SMILES string of the molecule is NC1CCN(CCF)c2ccccc21. The minimum atomic E-state index is -0.302. The molecular formula is C11H15FN2. The van der Waals surface area contributed by atoms with Crippen LogP contribution in [0, 0.1) is 0 Å². The van der Waals surface area contributed by atoms with E-state index < -0.39 is 0 Å². The van der Waals surface area contributed by atoms with Gasteiger partial charge in [0.1, 0.15) is 6.67 Å². The molecule has 1 aromatic rings. The Bertz CT molecular complexity index is 314. The van der Waals surface area contributed by atoms with Crippen LogP contribution in [0.25, 0.3) is 0 Å². The highest BCUT2D eigenvalue weighted by Gasteiger charge is 2.21. The summed E-state index contributed by atoms with van der Waals surface area (Å²) >= 11 is 0. The van der Waals surface area contributed by atoms with Gasteiger partial charge in [-0.25, -0.2) is 4.39 Å². The molecule has 2 N–H and O–H groups in total. The molecular weight excluding hydrogens is 179 g/mol. The molecule has 3 heteroatoms. The molecule has 1 aliphatic rings. The van der Waals surface area contributed by atoms with Crippen molar-refractivity contribution in [2.75, 3.05) is 24.7 Å². The Balaban J connectivity index is 2.31. The summed E-state index contributed by atoms with van der Waals surface area (Å²) in [5.41, 5.74) is 8.23. The molecule has 0 aromatic heterocycles. The molecule has 76 valence electrons. The van der Waals surface area contributed by atoms with Gasteiger partial charge in [0.2, 0.25) is 0 Å². The van der Waals surface area contributed by atoms with Gasteiger partial charge in [-0.1, -0.05) is 18.2 Å². The average Bonchev–Trinajstić information content (AvgIpc) is 2.23.